The number of amides is 3. The molecule has 2 aliphatic heterocycles. The Labute approximate surface area is 165 Å². The van der Waals surface area contributed by atoms with Gasteiger partial charge in [0, 0.05) is 18.2 Å². The summed E-state index contributed by atoms with van der Waals surface area (Å²) >= 11 is 0. The van der Waals surface area contributed by atoms with Crippen molar-refractivity contribution in [1.29, 1.82) is 0 Å². The fraction of sp³-hybridized carbons (Fsp3) is 0.143. The van der Waals surface area contributed by atoms with E-state index < -0.39 is 35.3 Å². The summed E-state index contributed by atoms with van der Waals surface area (Å²) in [5.74, 6) is 2.62. The zero-order chi connectivity index (χ0) is 20.7. The molecule has 29 heavy (non-hydrogen) atoms. The first kappa shape index (κ1) is 18.5. The summed E-state index contributed by atoms with van der Waals surface area (Å²) in [6.07, 6.45) is 1.38. The second-order valence-electron chi connectivity index (χ2n) is 6.57. The van der Waals surface area contributed by atoms with Gasteiger partial charge < -0.3 is 0 Å². The first-order chi connectivity index (χ1) is 13.9. The van der Waals surface area contributed by atoms with Crippen LogP contribution in [-0.2, 0) is 4.79 Å². The molecule has 0 fully saturated rings. The number of likely N-dealkylation sites (N-methyl/N-ethyl adjacent to an activating group) is 1. The van der Waals surface area contributed by atoms with Crippen LogP contribution in [0.2, 0.25) is 0 Å². The molecule has 0 spiro atoms. The van der Waals surface area contributed by atoms with Crippen LogP contribution in [0, 0.1) is 23.5 Å². The van der Waals surface area contributed by atoms with E-state index in [0.29, 0.717) is 16.2 Å². The van der Waals surface area contributed by atoms with Gasteiger partial charge in [-0.25, -0.2) is 13.6 Å². The lowest BCUT2D eigenvalue weighted by Crippen LogP contribution is -2.59. The molecule has 1 atom stereocenters. The van der Waals surface area contributed by atoms with E-state index in [0.717, 1.165) is 16.7 Å². The Bertz CT molecular complexity index is 1140. The van der Waals surface area contributed by atoms with Crippen LogP contribution in [0.3, 0.4) is 0 Å². The SMILES string of the molecule is CN1N=CC2=[N+](C)C(=O)N(c3c(F)cc(C#Cc4ccccc4)cc3F)C(=O)C21. The Hall–Kier alpha value is -3.86. The average Bonchev–Trinajstić information content (AvgIpc) is 3.09. The number of hydrogen-bond acceptors (Lipinski definition) is 4. The number of urea groups is 1. The largest absolute Gasteiger partial charge is 0.506 e. The van der Waals surface area contributed by atoms with Gasteiger partial charge in [-0.2, -0.15) is 14.5 Å². The zero-order valence-electron chi connectivity index (χ0n) is 15.6. The maximum absolute atomic E-state index is 14.8. The van der Waals surface area contributed by atoms with E-state index in [9.17, 15) is 18.4 Å². The van der Waals surface area contributed by atoms with Crippen LogP contribution >= 0.6 is 0 Å². The summed E-state index contributed by atoms with van der Waals surface area (Å²) in [6.45, 7) is 0. The van der Waals surface area contributed by atoms with Crippen LogP contribution in [-0.4, -0.2) is 53.6 Å². The van der Waals surface area contributed by atoms with E-state index >= 15 is 0 Å². The van der Waals surface area contributed by atoms with Crippen molar-refractivity contribution in [2.75, 3.05) is 19.0 Å². The molecule has 6 nitrogen and oxygen atoms in total. The number of carbonyl (C=O) groups is 2. The molecule has 8 heteroatoms. The standard InChI is InChI=1S/C21H15F2N4O2/c1-25-17-12-24-26(2)19(17)20(28)27(21(25)29)18-15(22)10-14(11-16(18)23)9-8-13-6-4-3-5-7-13/h3-7,10-12,19H,1-2H3/q+1. The monoisotopic (exact) mass is 393 g/mol. The third-order valence-electron chi connectivity index (χ3n) is 4.71. The zero-order valence-corrected chi connectivity index (χ0v) is 15.6. The third-order valence-corrected chi connectivity index (χ3v) is 4.71. The molecule has 0 radical (unpaired) electrons. The smallest absolute Gasteiger partial charge is 0.277 e. The van der Waals surface area contributed by atoms with Crippen LogP contribution in [0.25, 0.3) is 0 Å². The summed E-state index contributed by atoms with van der Waals surface area (Å²) in [4.78, 5) is 26.0. The Kier molecular flexibility index (Phi) is 4.43. The van der Waals surface area contributed by atoms with Gasteiger partial charge in [-0.3, -0.25) is 5.01 Å². The first-order valence-electron chi connectivity index (χ1n) is 8.70. The highest BCUT2D eigenvalue weighted by Crippen LogP contribution is 2.29. The van der Waals surface area contributed by atoms with Gasteiger partial charge in [0.15, 0.2) is 17.3 Å². The molecule has 2 heterocycles. The van der Waals surface area contributed by atoms with E-state index in [-0.39, 0.29) is 5.56 Å². The van der Waals surface area contributed by atoms with Gasteiger partial charge >= 0.3 is 11.9 Å². The van der Waals surface area contributed by atoms with Crippen LogP contribution < -0.4 is 4.90 Å². The molecule has 0 N–H and O–H groups in total. The predicted octanol–water partition coefficient (Wildman–Crippen LogP) is 2.21. The fourth-order valence-electron chi connectivity index (χ4n) is 3.24. The van der Waals surface area contributed by atoms with E-state index in [1.54, 1.807) is 31.3 Å². The van der Waals surface area contributed by atoms with E-state index in [1.807, 2.05) is 6.07 Å². The van der Waals surface area contributed by atoms with Gasteiger partial charge in [0.1, 0.15) is 0 Å². The van der Waals surface area contributed by atoms with Crippen molar-refractivity contribution in [3.05, 3.63) is 65.2 Å². The number of benzene rings is 2. The lowest BCUT2D eigenvalue weighted by atomic mass is 10.1. The molecule has 2 aromatic rings. The van der Waals surface area contributed by atoms with Gasteiger partial charge in [0.25, 0.3) is 0 Å². The Balaban J connectivity index is 1.74. The predicted molar refractivity (Wildman–Crippen MR) is 103 cm³/mol. The van der Waals surface area contributed by atoms with Crippen molar-refractivity contribution in [1.82, 2.24) is 5.01 Å². The minimum Gasteiger partial charge on any atom is -0.277 e. The van der Waals surface area contributed by atoms with Gasteiger partial charge in [-0.05, 0) is 24.3 Å². The van der Waals surface area contributed by atoms with Gasteiger partial charge in [-0.15, -0.1) is 4.90 Å². The summed E-state index contributed by atoms with van der Waals surface area (Å²) in [5, 5.41) is 5.32. The van der Waals surface area contributed by atoms with E-state index in [1.165, 1.54) is 18.3 Å². The van der Waals surface area contributed by atoms with Crippen LogP contribution in [0.15, 0.2) is 47.6 Å². The van der Waals surface area contributed by atoms with Crippen LogP contribution in [0.4, 0.5) is 19.3 Å². The average molecular weight is 393 g/mol. The van der Waals surface area contributed by atoms with Crippen molar-refractivity contribution in [3.8, 4) is 11.8 Å². The molecule has 0 aliphatic carbocycles. The van der Waals surface area contributed by atoms with Crippen molar-refractivity contribution >= 4 is 29.6 Å². The Morgan fingerprint density at radius 2 is 1.66 bits per heavy atom. The van der Waals surface area contributed by atoms with Gasteiger partial charge in [0.05, 0.1) is 13.3 Å². The number of fused-ring (bicyclic) bond motifs is 1. The molecule has 4 rings (SSSR count). The molecule has 2 aliphatic rings. The fourth-order valence-corrected chi connectivity index (χ4v) is 3.24. The maximum atomic E-state index is 14.8. The highest BCUT2D eigenvalue weighted by atomic mass is 19.1. The summed E-state index contributed by atoms with van der Waals surface area (Å²) in [6, 6.07) is 9.19. The number of carbonyl (C=O) groups excluding carboxylic acids is 2. The molecule has 0 saturated carbocycles. The molecular formula is C21H15F2N4O2+. The summed E-state index contributed by atoms with van der Waals surface area (Å²) in [5.41, 5.74) is 0.403. The molecule has 3 amide bonds. The highest BCUT2D eigenvalue weighted by Gasteiger charge is 2.53. The van der Waals surface area contributed by atoms with Crippen LogP contribution in [0.1, 0.15) is 11.1 Å². The summed E-state index contributed by atoms with van der Waals surface area (Å²) < 4.78 is 30.8. The Morgan fingerprint density at radius 3 is 2.31 bits per heavy atom. The highest BCUT2D eigenvalue weighted by molar-refractivity contribution is 6.42. The number of hydrogen-bond donors (Lipinski definition) is 0. The number of rotatable bonds is 1. The van der Waals surface area contributed by atoms with Crippen molar-refractivity contribution < 1.29 is 22.9 Å². The molecule has 0 bridgehead atoms. The second kappa shape index (κ2) is 6.95. The summed E-state index contributed by atoms with van der Waals surface area (Å²) in [7, 11) is 2.97. The van der Waals surface area contributed by atoms with Crippen molar-refractivity contribution in [3.63, 3.8) is 0 Å². The van der Waals surface area contributed by atoms with Gasteiger partial charge in [0.2, 0.25) is 11.7 Å². The van der Waals surface area contributed by atoms with Crippen LogP contribution in [0.5, 0.6) is 0 Å². The number of imide groups is 1. The Morgan fingerprint density at radius 1 is 1.03 bits per heavy atom. The quantitative estimate of drug-likeness (QED) is 0.552. The molecule has 0 saturated heterocycles. The number of hydrazone groups is 1. The number of nitrogens with zero attached hydrogens (tertiary/aromatic N) is 4. The maximum Gasteiger partial charge on any atom is 0.506 e. The molecule has 144 valence electrons. The molecule has 2 aromatic carbocycles. The minimum atomic E-state index is -1.05. The van der Waals surface area contributed by atoms with Crippen molar-refractivity contribution in [2.24, 2.45) is 5.10 Å². The molecule has 0 aromatic heterocycles. The molecule has 1 unspecified atom stereocenters. The normalized spacial score (nSPS) is 18.1. The lowest BCUT2D eigenvalue weighted by molar-refractivity contribution is -0.392. The first-order valence-corrected chi connectivity index (χ1v) is 8.70. The lowest BCUT2D eigenvalue weighted by Gasteiger charge is -2.25. The van der Waals surface area contributed by atoms with E-state index in [2.05, 4.69) is 16.9 Å². The number of anilines is 1. The third kappa shape index (κ3) is 3.06. The van der Waals surface area contributed by atoms with E-state index in [4.69, 9.17) is 0 Å². The van der Waals surface area contributed by atoms with Crippen molar-refractivity contribution in [2.45, 2.75) is 6.04 Å². The van der Waals surface area contributed by atoms with Gasteiger partial charge in [-0.1, -0.05) is 30.0 Å². The molecular weight excluding hydrogens is 378 g/mol. The topological polar surface area (TPSA) is 56.0 Å². The minimum absolute atomic E-state index is 0.0893. The number of halogens is 2. The second-order valence-corrected chi connectivity index (χ2v) is 6.57.